The molecule has 0 aliphatic carbocycles. The Balaban J connectivity index is 1.95. The minimum Gasteiger partial charge on any atom is -0.305 e. The Morgan fingerprint density at radius 1 is 1.24 bits per heavy atom. The minimum atomic E-state index is 0.273. The quantitative estimate of drug-likeness (QED) is 0.842. The number of halogens is 2. The van der Waals surface area contributed by atoms with Crippen molar-refractivity contribution in [2.24, 2.45) is 0 Å². The summed E-state index contributed by atoms with van der Waals surface area (Å²) in [5.74, 6) is 0. The lowest BCUT2D eigenvalue weighted by molar-refractivity contribution is 0.579. The molecule has 17 heavy (non-hydrogen) atoms. The first-order chi connectivity index (χ1) is 8.15. The molecule has 1 nitrogen and oxygen atoms in total. The van der Waals surface area contributed by atoms with Crippen LogP contribution in [0.1, 0.15) is 23.4 Å². The van der Waals surface area contributed by atoms with E-state index in [9.17, 15) is 0 Å². The molecule has 1 atom stereocenters. The summed E-state index contributed by atoms with van der Waals surface area (Å²) in [7, 11) is 0. The van der Waals surface area contributed by atoms with Crippen LogP contribution in [0.15, 0.2) is 35.7 Å². The lowest BCUT2D eigenvalue weighted by Gasteiger charge is -2.13. The number of benzene rings is 1. The summed E-state index contributed by atoms with van der Waals surface area (Å²) in [6.07, 6.45) is 0. The van der Waals surface area contributed by atoms with Crippen LogP contribution in [-0.2, 0) is 6.54 Å². The average molecular weight is 286 g/mol. The van der Waals surface area contributed by atoms with E-state index in [4.69, 9.17) is 23.2 Å². The predicted molar refractivity (Wildman–Crippen MR) is 76.0 cm³/mol. The molecule has 1 aromatic carbocycles. The molecule has 90 valence electrons. The minimum absolute atomic E-state index is 0.273. The molecule has 0 amide bonds. The largest absolute Gasteiger partial charge is 0.305 e. The van der Waals surface area contributed by atoms with Crippen LogP contribution >= 0.6 is 34.5 Å². The molecule has 4 heteroatoms. The summed E-state index contributed by atoms with van der Waals surface area (Å²) in [5, 5.41) is 6.98. The maximum Gasteiger partial charge on any atom is 0.0516 e. The molecule has 0 fully saturated rings. The second-order valence-corrected chi connectivity index (χ2v) is 5.76. The van der Waals surface area contributed by atoms with Gasteiger partial charge in [0.15, 0.2) is 0 Å². The van der Waals surface area contributed by atoms with Crippen LogP contribution in [0, 0.1) is 0 Å². The number of rotatable bonds is 4. The standard InChI is InChI=1S/C13H13Cl2NS/c1-9(10-3-2-4-11(14)5-10)16-7-13-6-12(15)8-17-13/h2-6,8-9,16H,7H2,1H3/t9-/m1/s1. The molecule has 1 heterocycles. The molecule has 2 rings (SSSR count). The number of hydrogen-bond donors (Lipinski definition) is 1. The zero-order chi connectivity index (χ0) is 12.3. The van der Waals surface area contributed by atoms with Crippen LogP contribution in [0.3, 0.4) is 0 Å². The van der Waals surface area contributed by atoms with Crippen LogP contribution in [0.5, 0.6) is 0 Å². The molecule has 0 radical (unpaired) electrons. The molecular weight excluding hydrogens is 273 g/mol. The van der Waals surface area contributed by atoms with Crippen molar-refractivity contribution in [1.82, 2.24) is 5.32 Å². The van der Waals surface area contributed by atoms with E-state index in [2.05, 4.69) is 18.3 Å². The zero-order valence-electron chi connectivity index (χ0n) is 9.41. The highest BCUT2D eigenvalue weighted by Crippen LogP contribution is 2.21. The van der Waals surface area contributed by atoms with Crippen molar-refractivity contribution in [1.29, 1.82) is 0 Å². The second kappa shape index (κ2) is 5.87. The van der Waals surface area contributed by atoms with E-state index in [-0.39, 0.29) is 6.04 Å². The second-order valence-electron chi connectivity index (χ2n) is 3.89. The summed E-state index contributed by atoms with van der Waals surface area (Å²) < 4.78 is 0. The van der Waals surface area contributed by atoms with Gasteiger partial charge in [-0.3, -0.25) is 0 Å². The molecule has 0 unspecified atom stereocenters. The van der Waals surface area contributed by atoms with Crippen molar-refractivity contribution >= 4 is 34.5 Å². The van der Waals surface area contributed by atoms with Crippen molar-refractivity contribution in [3.63, 3.8) is 0 Å². The van der Waals surface area contributed by atoms with Gasteiger partial charge in [0.2, 0.25) is 0 Å². The van der Waals surface area contributed by atoms with E-state index in [1.807, 2.05) is 29.6 Å². The summed E-state index contributed by atoms with van der Waals surface area (Å²) >= 11 is 13.5. The first kappa shape index (κ1) is 12.9. The highest BCUT2D eigenvalue weighted by molar-refractivity contribution is 7.10. The fraction of sp³-hybridized carbons (Fsp3) is 0.231. The van der Waals surface area contributed by atoms with E-state index in [1.54, 1.807) is 11.3 Å². The predicted octanol–water partition coefficient (Wildman–Crippen LogP) is 4.91. The molecule has 2 aromatic rings. The molecule has 0 spiro atoms. The molecule has 1 aromatic heterocycles. The van der Waals surface area contributed by atoms with Gasteiger partial charge in [-0.25, -0.2) is 0 Å². The number of thiophene rings is 1. The Hall–Kier alpha value is -0.540. The Bertz CT molecular complexity index is 496. The van der Waals surface area contributed by atoms with Crippen LogP contribution < -0.4 is 5.32 Å². The van der Waals surface area contributed by atoms with Gasteiger partial charge in [0.25, 0.3) is 0 Å². The zero-order valence-corrected chi connectivity index (χ0v) is 11.7. The lowest BCUT2D eigenvalue weighted by atomic mass is 10.1. The molecule has 0 aliphatic heterocycles. The van der Waals surface area contributed by atoms with Gasteiger partial charge < -0.3 is 5.32 Å². The van der Waals surface area contributed by atoms with Gasteiger partial charge in [0, 0.05) is 27.9 Å². The van der Waals surface area contributed by atoms with E-state index >= 15 is 0 Å². The van der Waals surface area contributed by atoms with Crippen LogP contribution in [0.25, 0.3) is 0 Å². The van der Waals surface area contributed by atoms with Crippen LogP contribution in [-0.4, -0.2) is 0 Å². The third-order valence-corrected chi connectivity index (χ3v) is 4.07. The van der Waals surface area contributed by atoms with Crippen molar-refractivity contribution in [3.05, 3.63) is 56.2 Å². The van der Waals surface area contributed by atoms with Crippen LogP contribution in [0.4, 0.5) is 0 Å². The van der Waals surface area contributed by atoms with Crippen molar-refractivity contribution in [2.45, 2.75) is 19.5 Å². The molecule has 1 N–H and O–H groups in total. The lowest BCUT2D eigenvalue weighted by Crippen LogP contribution is -2.17. The Kier molecular flexibility index (Phi) is 4.46. The van der Waals surface area contributed by atoms with E-state index in [1.165, 1.54) is 10.4 Å². The summed E-state index contributed by atoms with van der Waals surface area (Å²) in [5.41, 5.74) is 1.19. The molecule has 0 bridgehead atoms. The summed E-state index contributed by atoms with van der Waals surface area (Å²) in [6, 6.07) is 10.2. The van der Waals surface area contributed by atoms with E-state index in [0.29, 0.717) is 0 Å². The molecule has 0 saturated carbocycles. The van der Waals surface area contributed by atoms with Crippen molar-refractivity contribution in [3.8, 4) is 0 Å². The Morgan fingerprint density at radius 3 is 2.71 bits per heavy atom. The Morgan fingerprint density at radius 2 is 2.06 bits per heavy atom. The van der Waals surface area contributed by atoms with E-state index < -0.39 is 0 Å². The van der Waals surface area contributed by atoms with Gasteiger partial charge in [0.1, 0.15) is 0 Å². The first-order valence-electron chi connectivity index (χ1n) is 5.37. The first-order valence-corrected chi connectivity index (χ1v) is 7.00. The van der Waals surface area contributed by atoms with Gasteiger partial charge in [-0.05, 0) is 30.7 Å². The maximum atomic E-state index is 5.97. The SMILES string of the molecule is C[C@@H](NCc1cc(Cl)cs1)c1cccc(Cl)c1. The highest BCUT2D eigenvalue weighted by Gasteiger charge is 2.06. The third kappa shape index (κ3) is 3.71. The monoisotopic (exact) mass is 285 g/mol. The highest BCUT2D eigenvalue weighted by atomic mass is 35.5. The van der Waals surface area contributed by atoms with Crippen molar-refractivity contribution in [2.75, 3.05) is 0 Å². The molecule has 0 aliphatic rings. The van der Waals surface area contributed by atoms with E-state index in [0.717, 1.165) is 16.6 Å². The van der Waals surface area contributed by atoms with Gasteiger partial charge in [-0.2, -0.15) is 0 Å². The van der Waals surface area contributed by atoms with Crippen LogP contribution in [0.2, 0.25) is 10.0 Å². The summed E-state index contributed by atoms with van der Waals surface area (Å²) in [6.45, 7) is 2.95. The van der Waals surface area contributed by atoms with Gasteiger partial charge in [-0.1, -0.05) is 35.3 Å². The molecular formula is C13H13Cl2NS. The average Bonchev–Trinajstić information content (AvgIpc) is 2.72. The molecule has 0 saturated heterocycles. The Labute approximate surface area is 115 Å². The number of hydrogen-bond acceptors (Lipinski definition) is 2. The third-order valence-electron chi connectivity index (χ3n) is 2.55. The topological polar surface area (TPSA) is 12.0 Å². The summed E-state index contributed by atoms with van der Waals surface area (Å²) in [4.78, 5) is 1.24. The van der Waals surface area contributed by atoms with Gasteiger partial charge in [0.05, 0.1) is 5.02 Å². The fourth-order valence-corrected chi connectivity index (χ4v) is 2.82. The number of nitrogens with one attached hydrogen (secondary N) is 1. The van der Waals surface area contributed by atoms with Crippen molar-refractivity contribution < 1.29 is 0 Å². The van der Waals surface area contributed by atoms with Gasteiger partial charge in [-0.15, -0.1) is 11.3 Å². The maximum absolute atomic E-state index is 5.97. The smallest absolute Gasteiger partial charge is 0.0516 e. The van der Waals surface area contributed by atoms with Gasteiger partial charge >= 0.3 is 0 Å². The normalized spacial score (nSPS) is 12.6. The fourth-order valence-electron chi connectivity index (χ4n) is 1.59.